The van der Waals surface area contributed by atoms with Crippen molar-refractivity contribution in [3.63, 3.8) is 0 Å². The van der Waals surface area contributed by atoms with E-state index in [2.05, 4.69) is 47.5 Å². The molecule has 0 bridgehead atoms. The maximum absolute atomic E-state index is 13.7. The first kappa shape index (κ1) is 24.0. The monoisotopic (exact) mass is 507 g/mol. The summed E-state index contributed by atoms with van der Waals surface area (Å²) in [6, 6.07) is 17.7. The third-order valence-electron chi connectivity index (χ3n) is 7.32. The molecule has 2 aliphatic heterocycles. The van der Waals surface area contributed by atoms with Gasteiger partial charge in [0.1, 0.15) is 0 Å². The van der Waals surface area contributed by atoms with Crippen molar-refractivity contribution < 1.29 is 9.59 Å². The van der Waals surface area contributed by atoms with Gasteiger partial charge in [-0.15, -0.1) is 11.3 Å². The molecule has 0 saturated carbocycles. The van der Waals surface area contributed by atoms with Crippen LogP contribution in [0, 0.1) is 6.92 Å². The number of aryl methyl sites for hydroxylation is 1. The number of piperazine rings is 1. The van der Waals surface area contributed by atoms with Crippen LogP contribution in [-0.4, -0.2) is 65.3 Å². The van der Waals surface area contributed by atoms with E-state index in [4.69, 9.17) is 11.6 Å². The third kappa shape index (κ3) is 4.63. The molecule has 0 N–H and O–H groups in total. The van der Waals surface area contributed by atoms with Gasteiger partial charge in [0.2, 0.25) is 5.91 Å². The van der Waals surface area contributed by atoms with Crippen LogP contribution in [0.15, 0.2) is 60.0 Å². The fourth-order valence-electron chi connectivity index (χ4n) is 5.33. The molecule has 2 amide bonds. The molecule has 7 heteroatoms. The lowest BCUT2D eigenvalue weighted by atomic mass is 9.89. The van der Waals surface area contributed by atoms with Gasteiger partial charge in [-0.2, -0.15) is 0 Å². The van der Waals surface area contributed by atoms with Crippen molar-refractivity contribution in [2.45, 2.75) is 32.4 Å². The third-order valence-corrected chi connectivity index (χ3v) is 8.65. The molecule has 1 fully saturated rings. The van der Waals surface area contributed by atoms with E-state index in [1.165, 1.54) is 21.6 Å². The second-order valence-electron chi connectivity index (χ2n) is 9.32. The Morgan fingerprint density at radius 2 is 1.60 bits per heavy atom. The lowest BCUT2D eigenvalue weighted by Crippen LogP contribution is -2.56. The molecule has 5 rings (SSSR count). The zero-order valence-corrected chi connectivity index (χ0v) is 21.7. The Morgan fingerprint density at radius 1 is 0.914 bits per heavy atom. The first-order valence-corrected chi connectivity index (χ1v) is 13.4. The van der Waals surface area contributed by atoms with Crippen molar-refractivity contribution >= 4 is 34.8 Å². The van der Waals surface area contributed by atoms with Crippen LogP contribution in [-0.2, 0) is 11.2 Å². The summed E-state index contributed by atoms with van der Waals surface area (Å²) in [5, 5.41) is 2.63. The second-order valence-corrected chi connectivity index (χ2v) is 10.7. The van der Waals surface area contributed by atoms with Crippen LogP contribution in [0.2, 0.25) is 5.02 Å². The van der Waals surface area contributed by atoms with E-state index >= 15 is 0 Å². The van der Waals surface area contributed by atoms with Gasteiger partial charge in [0.25, 0.3) is 5.91 Å². The minimum atomic E-state index is -0.251. The molecule has 3 aromatic rings. The maximum atomic E-state index is 13.7. The summed E-state index contributed by atoms with van der Waals surface area (Å²) in [6.07, 6.45) is 0.965. The van der Waals surface area contributed by atoms with Gasteiger partial charge in [-0.1, -0.05) is 48.0 Å². The Bertz CT molecular complexity index is 1230. The van der Waals surface area contributed by atoms with Crippen molar-refractivity contribution in [1.82, 2.24) is 14.7 Å². The smallest absolute Gasteiger partial charge is 0.255 e. The first-order chi connectivity index (χ1) is 17.0. The van der Waals surface area contributed by atoms with Gasteiger partial charge in [0.15, 0.2) is 0 Å². The lowest BCUT2D eigenvalue weighted by Gasteiger charge is -2.43. The van der Waals surface area contributed by atoms with Gasteiger partial charge in [-0.25, -0.2) is 0 Å². The molecule has 0 spiro atoms. The lowest BCUT2D eigenvalue weighted by molar-refractivity contribution is -0.138. The highest BCUT2D eigenvalue weighted by Crippen LogP contribution is 2.40. The van der Waals surface area contributed by atoms with Crippen molar-refractivity contribution in [1.29, 1.82) is 0 Å². The SMILES string of the molecule is Cc1ccccc1[C@@H]1c2ccsc2CCN1[C@@H](C)C(=O)N1CCN(C(=O)c2ccccc2Cl)CC1. The standard InChI is InChI=1S/C28H30ClN3O2S/c1-19-7-3-4-8-21(19)26-23-12-18-35-25(23)11-13-32(26)20(2)27(33)30-14-16-31(17-15-30)28(34)22-9-5-6-10-24(22)29/h3-10,12,18,20,26H,11,13-17H2,1-2H3/t20-,26+/m0/s1. The van der Waals surface area contributed by atoms with E-state index in [1.807, 2.05) is 35.3 Å². The fraction of sp³-hybridized carbons (Fsp3) is 0.357. The molecule has 0 radical (unpaired) electrons. The molecule has 0 aliphatic carbocycles. The number of carbonyl (C=O) groups is 2. The van der Waals surface area contributed by atoms with Crippen LogP contribution in [0.4, 0.5) is 0 Å². The first-order valence-electron chi connectivity index (χ1n) is 12.2. The molecule has 182 valence electrons. The number of thiophene rings is 1. The number of carbonyl (C=O) groups excluding carboxylic acids is 2. The van der Waals surface area contributed by atoms with Gasteiger partial charge < -0.3 is 9.80 Å². The molecule has 35 heavy (non-hydrogen) atoms. The zero-order valence-electron chi connectivity index (χ0n) is 20.1. The summed E-state index contributed by atoms with van der Waals surface area (Å²) in [5.41, 5.74) is 4.35. The van der Waals surface area contributed by atoms with Gasteiger partial charge in [0.05, 0.1) is 22.7 Å². The summed E-state index contributed by atoms with van der Waals surface area (Å²) in [7, 11) is 0. The van der Waals surface area contributed by atoms with Crippen LogP contribution in [0.3, 0.4) is 0 Å². The summed E-state index contributed by atoms with van der Waals surface area (Å²) in [6.45, 7) is 7.13. The predicted molar refractivity (Wildman–Crippen MR) is 141 cm³/mol. The molecule has 2 atom stereocenters. The topological polar surface area (TPSA) is 43.9 Å². The van der Waals surface area contributed by atoms with Gasteiger partial charge in [-0.05, 0) is 60.5 Å². The van der Waals surface area contributed by atoms with E-state index in [1.54, 1.807) is 17.0 Å². The minimum Gasteiger partial charge on any atom is -0.338 e. The number of amides is 2. The Balaban J connectivity index is 1.31. The molecular weight excluding hydrogens is 478 g/mol. The molecule has 3 heterocycles. The number of hydrogen-bond donors (Lipinski definition) is 0. The van der Waals surface area contributed by atoms with Gasteiger partial charge >= 0.3 is 0 Å². The Labute approximate surface area is 215 Å². The maximum Gasteiger partial charge on any atom is 0.255 e. The number of benzene rings is 2. The molecule has 1 saturated heterocycles. The highest BCUT2D eigenvalue weighted by Gasteiger charge is 2.38. The van der Waals surface area contributed by atoms with Crippen molar-refractivity contribution in [3.8, 4) is 0 Å². The number of halogens is 1. The van der Waals surface area contributed by atoms with Crippen molar-refractivity contribution in [2.75, 3.05) is 32.7 Å². The van der Waals surface area contributed by atoms with Gasteiger partial charge in [-0.3, -0.25) is 14.5 Å². The number of nitrogens with zero attached hydrogens (tertiary/aromatic N) is 3. The molecule has 2 aromatic carbocycles. The number of rotatable bonds is 4. The summed E-state index contributed by atoms with van der Waals surface area (Å²) in [4.78, 5) is 34.1. The largest absolute Gasteiger partial charge is 0.338 e. The summed E-state index contributed by atoms with van der Waals surface area (Å²) >= 11 is 8.04. The van der Waals surface area contributed by atoms with E-state index in [-0.39, 0.29) is 23.9 Å². The second kappa shape index (κ2) is 10.1. The van der Waals surface area contributed by atoms with Crippen LogP contribution in [0.1, 0.15) is 44.9 Å². The number of fused-ring (bicyclic) bond motifs is 1. The van der Waals surface area contributed by atoms with Gasteiger partial charge in [0, 0.05) is 37.6 Å². The van der Waals surface area contributed by atoms with Crippen LogP contribution < -0.4 is 0 Å². The summed E-state index contributed by atoms with van der Waals surface area (Å²) in [5.74, 6) is 0.0588. The molecule has 2 aliphatic rings. The molecule has 0 unspecified atom stereocenters. The molecule has 5 nitrogen and oxygen atoms in total. The van der Waals surface area contributed by atoms with Crippen LogP contribution in [0.5, 0.6) is 0 Å². The Morgan fingerprint density at radius 3 is 2.34 bits per heavy atom. The van der Waals surface area contributed by atoms with Crippen molar-refractivity contribution in [2.24, 2.45) is 0 Å². The molecular formula is C28H30ClN3O2S. The normalized spacial score (nSPS) is 19.3. The Hall–Kier alpha value is -2.67. The Kier molecular flexibility index (Phi) is 6.96. The molecule has 1 aromatic heterocycles. The highest BCUT2D eigenvalue weighted by atomic mass is 35.5. The average molecular weight is 508 g/mol. The van der Waals surface area contributed by atoms with E-state index in [9.17, 15) is 9.59 Å². The van der Waals surface area contributed by atoms with E-state index < -0.39 is 0 Å². The minimum absolute atomic E-state index is 0.0728. The van der Waals surface area contributed by atoms with Crippen LogP contribution >= 0.6 is 22.9 Å². The quantitative estimate of drug-likeness (QED) is 0.497. The van der Waals surface area contributed by atoms with Crippen LogP contribution in [0.25, 0.3) is 0 Å². The number of hydrogen-bond acceptors (Lipinski definition) is 4. The van der Waals surface area contributed by atoms with E-state index in [0.717, 1.165) is 13.0 Å². The van der Waals surface area contributed by atoms with Crippen molar-refractivity contribution in [3.05, 3.63) is 92.1 Å². The predicted octanol–water partition coefficient (Wildman–Crippen LogP) is 5.03. The fourth-order valence-corrected chi connectivity index (χ4v) is 6.45. The van der Waals surface area contributed by atoms with E-state index in [0.29, 0.717) is 36.8 Å². The average Bonchev–Trinajstić information content (AvgIpc) is 3.37. The summed E-state index contributed by atoms with van der Waals surface area (Å²) < 4.78 is 0. The zero-order chi connectivity index (χ0) is 24.5. The highest BCUT2D eigenvalue weighted by molar-refractivity contribution is 7.10.